The molecule has 94 valence electrons. The first-order valence-electron chi connectivity index (χ1n) is 4.99. The van der Waals surface area contributed by atoms with E-state index in [-0.39, 0.29) is 6.54 Å². The number of benzene rings is 1. The van der Waals surface area contributed by atoms with Crippen LogP contribution >= 0.6 is 0 Å². The van der Waals surface area contributed by atoms with Gasteiger partial charge < -0.3 is 14.2 Å². The SMILES string of the molecule is COc1ccc([C@H](C[N+](=O)[O-])OC)cc1OC. The van der Waals surface area contributed by atoms with E-state index in [9.17, 15) is 10.1 Å². The summed E-state index contributed by atoms with van der Waals surface area (Å²) in [5.74, 6) is 1.10. The van der Waals surface area contributed by atoms with Crippen molar-refractivity contribution in [2.45, 2.75) is 6.10 Å². The van der Waals surface area contributed by atoms with Crippen molar-refractivity contribution in [3.8, 4) is 11.5 Å². The van der Waals surface area contributed by atoms with Crippen molar-refractivity contribution in [1.82, 2.24) is 0 Å². The number of nitro groups is 1. The van der Waals surface area contributed by atoms with Gasteiger partial charge in [-0.1, -0.05) is 6.07 Å². The van der Waals surface area contributed by atoms with Crippen molar-refractivity contribution >= 4 is 0 Å². The van der Waals surface area contributed by atoms with Crippen molar-refractivity contribution in [2.24, 2.45) is 0 Å². The van der Waals surface area contributed by atoms with Gasteiger partial charge in [-0.05, 0) is 17.7 Å². The van der Waals surface area contributed by atoms with Gasteiger partial charge in [0.05, 0.1) is 14.2 Å². The van der Waals surface area contributed by atoms with Crippen molar-refractivity contribution in [3.63, 3.8) is 0 Å². The molecule has 6 nitrogen and oxygen atoms in total. The fourth-order valence-electron chi connectivity index (χ4n) is 1.50. The van der Waals surface area contributed by atoms with E-state index in [0.29, 0.717) is 17.1 Å². The van der Waals surface area contributed by atoms with Gasteiger partial charge in [-0.25, -0.2) is 0 Å². The second-order valence-corrected chi connectivity index (χ2v) is 3.35. The third-order valence-electron chi connectivity index (χ3n) is 2.38. The highest BCUT2D eigenvalue weighted by Crippen LogP contribution is 2.30. The molecule has 1 atom stereocenters. The predicted molar refractivity (Wildman–Crippen MR) is 61.2 cm³/mol. The van der Waals surface area contributed by atoms with E-state index < -0.39 is 11.0 Å². The quantitative estimate of drug-likeness (QED) is 0.559. The van der Waals surface area contributed by atoms with E-state index in [1.54, 1.807) is 18.2 Å². The molecule has 0 aliphatic rings. The first-order chi connectivity index (χ1) is 8.12. The van der Waals surface area contributed by atoms with Crippen molar-refractivity contribution < 1.29 is 19.1 Å². The highest BCUT2D eigenvalue weighted by Gasteiger charge is 2.18. The van der Waals surface area contributed by atoms with Crippen LogP contribution in [0.3, 0.4) is 0 Å². The van der Waals surface area contributed by atoms with Crippen LogP contribution in [0.1, 0.15) is 11.7 Å². The fourth-order valence-corrected chi connectivity index (χ4v) is 1.50. The maximum Gasteiger partial charge on any atom is 0.233 e. The second kappa shape index (κ2) is 6.05. The molecule has 0 saturated carbocycles. The van der Waals surface area contributed by atoms with Gasteiger partial charge in [-0.3, -0.25) is 10.1 Å². The fraction of sp³-hybridized carbons (Fsp3) is 0.455. The molecule has 0 saturated heterocycles. The molecule has 0 aromatic heterocycles. The van der Waals surface area contributed by atoms with Crippen LogP contribution in [-0.2, 0) is 4.74 Å². The average Bonchev–Trinajstić information content (AvgIpc) is 2.34. The summed E-state index contributed by atoms with van der Waals surface area (Å²) in [5, 5.41) is 10.5. The molecule has 17 heavy (non-hydrogen) atoms. The summed E-state index contributed by atoms with van der Waals surface area (Å²) in [6.45, 7) is -0.286. The summed E-state index contributed by atoms with van der Waals surface area (Å²) in [7, 11) is 4.48. The predicted octanol–water partition coefficient (Wildman–Crippen LogP) is 1.67. The molecule has 0 heterocycles. The molecule has 0 aliphatic carbocycles. The average molecular weight is 241 g/mol. The number of methoxy groups -OCH3 is 3. The van der Waals surface area contributed by atoms with Crippen LogP contribution in [-0.4, -0.2) is 32.8 Å². The van der Waals surface area contributed by atoms with Gasteiger partial charge in [0.2, 0.25) is 6.54 Å². The van der Waals surface area contributed by atoms with E-state index >= 15 is 0 Å². The minimum atomic E-state index is -0.593. The zero-order valence-electron chi connectivity index (χ0n) is 10.0. The van der Waals surface area contributed by atoms with E-state index in [4.69, 9.17) is 14.2 Å². The van der Waals surface area contributed by atoms with Gasteiger partial charge in [0.15, 0.2) is 11.5 Å². The molecule has 0 fully saturated rings. The van der Waals surface area contributed by atoms with Gasteiger partial charge in [0, 0.05) is 12.0 Å². The highest BCUT2D eigenvalue weighted by atomic mass is 16.6. The largest absolute Gasteiger partial charge is 0.493 e. The molecule has 1 rings (SSSR count). The summed E-state index contributed by atoms with van der Waals surface area (Å²) in [5.41, 5.74) is 0.682. The zero-order chi connectivity index (χ0) is 12.8. The Hall–Kier alpha value is -1.82. The normalized spacial score (nSPS) is 11.9. The van der Waals surface area contributed by atoms with Gasteiger partial charge in [0.25, 0.3) is 0 Å². The summed E-state index contributed by atoms with van der Waals surface area (Å²) >= 11 is 0. The lowest BCUT2D eigenvalue weighted by molar-refractivity contribution is -0.492. The molecule has 0 spiro atoms. The first-order valence-corrected chi connectivity index (χ1v) is 4.99. The summed E-state index contributed by atoms with van der Waals surface area (Å²) in [6, 6.07) is 5.09. The molecular formula is C11H15NO5. The van der Waals surface area contributed by atoms with Crippen molar-refractivity contribution in [3.05, 3.63) is 33.9 Å². The molecule has 6 heteroatoms. The number of ether oxygens (including phenoxy) is 3. The standard InChI is InChI=1S/C11H15NO5/c1-15-9-5-4-8(6-10(9)16-2)11(17-3)7-12(13)14/h4-6,11H,7H2,1-3H3/t11-/m0/s1. The Balaban J connectivity index is 3.00. The monoisotopic (exact) mass is 241 g/mol. The molecule has 1 aromatic rings. The molecule has 0 bridgehead atoms. The number of hydrogen-bond donors (Lipinski definition) is 0. The molecule has 0 unspecified atom stereocenters. The van der Waals surface area contributed by atoms with Crippen LogP contribution in [0.15, 0.2) is 18.2 Å². The van der Waals surface area contributed by atoms with E-state index in [1.165, 1.54) is 21.3 Å². The van der Waals surface area contributed by atoms with Crippen molar-refractivity contribution in [2.75, 3.05) is 27.9 Å². The van der Waals surface area contributed by atoms with Crippen molar-refractivity contribution in [1.29, 1.82) is 0 Å². The summed E-state index contributed by atoms with van der Waals surface area (Å²) in [6.07, 6.45) is -0.593. The minimum absolute atomic E-state index is 0.286. The molecule has 0 amide bonds. The highest BCUT2D eigenvalue weighted by molar-refractivity contribution is 5.43. The minimum Gasteiger partial charge on any atom is -0.493 e. The maximum absolute atomic E-state index is 10.5. The number of hydrogen-bond acceptors (Lipinski definition) is 5. The topological polar surface area (TPSA) is 70.8 Å². The van der Waals surface area contributed by atoms with Crippen LogP contribution in [0.25, 0.3) is 0 Å². The molecule has 0 radical (unpaired) electrons. The Kier molecular flexibility index (Phi) is 4.71. The van der Waals surface area contributed by atoms with Gasteiger partial charge in [-0.15, -0.1) is 0 Å². The lowest BCUT2D eigenvalue weighted by atomic mass is 10.1. The Morgan fingerprint density at radius 1 is 1.24 bits per heavy atom. The number of rotatable bonds is 6. The summed E-state index contributed by atoms with van der Waals surface area (Å²) < 4.78 is 15.3. The smallest absolute Gasteiger partial charge is 0.233 e. The first kappa shape index (κ1) is 13.2. The van der Waals surface area contributed by atoms with Crippen LogP contribution in [0, 0.1) is 10.1 Å². The lowest BCUT2D eigenvalue weighted by Gasteiger charge is -2.14. The Morgan fingerprint density at radius 3 is 2.35 bits per heavy atom. The van der Waals surface area contributed by atoms with E-state index in [1.807, 2.05) is 0 Å². The maximum atomic E-state index is 10.5. The molecule has 0 aliphatic heterocycles. The van der Waals surface area contributed by atoms with Gasteiger partial charge in [0.1, 0.15) is 6.10 Å². The zero-order valence-corrected chi connectivity index (χ0v) is 10.0. The molecule has 0 N–H and O–H groups in total. The number of nitrogens with zero attached hydrogens (tertiary/aromatic N) is 1. The second-order valence-electron chi connectivity index (χ2n) is 3.35. The van der Waals surface area contributed by atoms with Crippen LogP contribution in [0.2, 0.25) is 0 Å². The summed E-state index contributed by atoms with van der Waals surface area (Å²) in [4.78, 5) is 10.1. The van der Waals surface area contributed by atoms with Crippen LogP contribution in [0.5, 0.6) is 11.5 Å². The third kappa shape index (κ3) is 3.32. The van der Waals surface area contributed by atoms with Gasteiger partial charge in [-0.2, -0.15) is 0 Å². The Labute approximate surface area is 99.2 Å². The lowest BCUT2D eigenvalue weighted by Crippen LogP contribution is -2.14. The Bertz CT molecular complexity index is 393. The Morgan fingerprint density at radius 2 is 1.88 bits per heavy atom. The third-order valence-corrected chi connectivity index (χ3v) is 2.38. The van der Waals surface area contributed by atoms with Gasteiger partial charge >= 0.3 is 0 Å². The van der Waals surface area contributed by atoms with E-state index in [2.05, 4.69) is 0 Å². The van der Waals surface area contributed by atoms with Crippen LogP contribution in [0.4, 0.5) is 0 Å². The van der Waals surface area contributed by atoms with Crippen LogP contribution < -0.4 is 9.47 Å². The molecule has 1 aromatic carbocycles. The molecular weight excluding hydrogens is 226 g/mol. The van der Waals surface area contributed by atoms with E-state index in [0.717, 1.165) is 0 Å².